The SMILES string of the molecule is CCCNC(=O)[C@@H](Cc1ccccc1)N(Cc1ccc(Cl)cc1)C(=O)CN(c1ccc(Cl)cc1C)S(=O)(=O)c1ccc(C)cc1. The number of aryl methyl sites for hydroxylation is 2. The number of carbonyl (C=O) groups is 2. The van der Waals surface area contributed by atoms with Crippen molar-refractivity contribution in [1.29, 1.82) is 0 Å². The van der Waals surface area contributed by atoms with Crippen molar-refractivity contribution in [2.24, 2.45) is 0 Å². The molecule has 45 heavy (non-hydrogen) atoms. The Bertz CT molecular complexity index is 1710. The van der Waals surface area contributed by atoms with Gasteiger partial charge in [0.15, 0.2) is 0 Å². The first-order chi connectivity index (χ1) is 21.5. The van der Waals surface area contributed by atoms with Crippen LogP contribution in [0, 0.1) is 13.8 Å². The Balaban J connectivity index is 1.81. The summed E-state index contributed by atoms with van der Waals surface area (Å²) in [4.78, 5) is 29.7. The van der Waals surface area contributed by atoms with Crippen molar-refractivity contribution in [3.8, 4) is 0 Å². The van der Waals surface area contributed by atoms with Crippen molar-refractivity contribution < 1.29 is 18.0 Å². The van der Waals surface area contributed by atoms with E-state index in [1.807, 2.05) is 44.2 Å². The third-order valence-corrected chi connectivity index (χ3v) is 9.66. The van der Waals surface area contributed by atoms with E-state index in [-0.39, 0.29) is 23.8 Å². The lowest BCUT2D eigenvalue weighted by Gasteiger charge is -2.34. The van der Waals surface area contributed by atoms with E-state index in [1.54, 1.807) is 61.5 Å². The topological polar surface area (TPSA) is 86.8 Å². The molecule has 1 N–H and O–H groups in total. The van der Waals surface area contributed by atoms with Crippen LogP contribution in [0.25, 0.3) is 0 Å². The van der Waals surface area contributed by atoms with Crippen LogP contribution in [0.5, 0.6) is 0 Å². The van der Waals surface area contributed by atoms with Gasteiger partial charge >= 0.3 is 0 Å². The number of amides is 2. The van der Waals surface area contributed by atoms with Crippen molar-refractivity contribution in [2.75, 3.05) is 17.4 Å². The van der Waals surface area contributed by atoms with Gasteiger partial charge in [0.1, 0.15) is 12.6 Å². The van der Waals surface area contributed by atoms with Crippen LogP contribution in [0.15, 0.2) is 102 Å². The zero-order valence-electron chi connectivity index (χ0n) is 25.5. The van der Waals surface area contributed by atoms with Crippen molar-refractivity contribution in [3.05, 3.63) is 129 Å². The molecule has 0 unspecified atom stereocenters. The van der Waals surface area contributed by atoms with Crippen LogP contribution in [0.3, 0.4) is 0 Å². The van der Waals surface area contributed by atoms with Gasteiger partial charge in [-0.25, -0.2) is 8.42 Å². The second kappa shape index (κ2) is 15.4. The molecule has 0 heterocycles. The number of carbonyl (C=O) groups excluding carboxylic acids is 2. The quantitative estimate of drug-likeness (QED) is 0.167. The van der Waals surface area contributed by atoms with E-state index >= 15 is 0 Å². The molecule has 0 aliphatic carbocycles. The Kier molecular flexibility index (Phi) is 11.7. The molecule has 0 saturated carbocycles. The zero-order chi connectivity index (χ0) is 32.6. The van der Waals surface area contributed by atoms with E-state index in [4.69, 9.17) is 23.2 Å². The van der Waals surface area contributed by atoms with Crippen LogP contribution in [0.2, 0.25) is 10.0 Å². The largest absolute Gasteiger partial charge is 0.354 e. The highest BCUT2D eigenvalue weighted by molar-refractivity contribution is 7.92. The van der Waals surface area contributed by atoms with Crippen LogP contribution >= 0.6 is 23.2 Å². The van der Waals surface area contributed by atoms with Crippen molar-refractivity contribution in [1.82, 2.24) is 10.2 Å². The molecule has 4 aromatic rings. The molecule has 0 fully saturated rings. The number of anilines is 1. The Labute approximate surface area is 275 Å². The van der Waals surface area contributed by atoms with Crippen LogP contribution in [0.4, 0.5) is 5.69 Å². The van der Waals surface area contributed by atoms with Gasteiger partial charge in [-0.3, -0.25) is 13.9 Å². The molecule has 0 radical (unpaired) electrons. The van der Waals surface area contributed by atoms with Gasteiger partial charge in [-0.15, -0.1) is 0 Å². The predicted molar refractivity (Wildman–Crippen MR) is 181 cm³/mol. The van der Waals surface area contributed by atoms with Gasteiger partial charge < -0.3 is 10.2 Å². The molecule has 1 atom stereocenters. The van der Waals surface area contributed by atoms with E-state index in [0.717, 1.165) is 21.0 Å². The number of hydrogen-bond donors (Lipinski definition) is 1. The molecule has 4 aromatic carbocycles. The fourth-order valence-corrected chi connectivity index (χ4v) is 6.79. The number of hydrogen-bond acceptors (Lipinski definition) is 4. The van der Waals surface area contributed by atoms with Crippen molar-refractivity contribution in [3.63, 3.8) is 0 Å². The maximum Gasteiger partial charge on any atom is 0.264 e. The van der Waals surface area contributed by atoms with Gasteiger partial charge in [0.25, 0.3) is 10.0 Å². The maximum atomic E-state index is 14.5. The number of halogens is 2. The summed E-state index contributed by atoms with van der Waals surface area (Å²) in [5, 5.41) is 3.92. The Hall–Kier alpha value is -3.85. The average Bonchev–Trinajstić information content (AvgIpc) is 3.02. The summed E-state index contributed by atoms with van der Waals surface area (Å²) in [5.74, 6) is -0.860. The molecule has 7 nitrogen and oxygen atoms in total. The molecule has 0 bridgehead atoms. The summed E-state index contributed by atoms with van der Waals surface area (Å²) < 4.78 is 29.5. The van der Waals surface area contributed by atoms with Gasteiger partial charge in [0, 0.05) is 29.6 Å². The average molecular weight is 667 g/mol. The van der Waals surface area contributed by atoms with Gasteiger partial charge in [0.05, 0.1) is 10.6 Å². The highest BCUT2D eigenvalue weighted by Crippen LogP contribution is 2.30. The van der Waals surface area contributed by atoms with Crippen LogP contribution in [0.1, 0.15) is 35.6 Å². The monoisotopic (exact) mass is 665 g/mol. The summed E-state index contributed by atoms with van der Waals surface area (Å²) in [5.41, 5.74) is 3.40. The van der Waals surface area contributed by atoms with Crippen molar-refractivity contribution >= 4 is 50.7 Å². The van der Waals surface area contributed by atoms with Crippen LogP contribution in [-0.2, 0) is 32.6 Å². The lowest BCUT2D eigenvalue weighted by Crippen LogP contribution is -2.53. The normalized spacial score (nSPS) is 11.9. The molecule has 10 heteroatoms. The fourth-order valence-electron chi connectivity index (χ4n) is 4.96. The molecule has 4 rings (SSSR count). The molecule has 0 saturated heterocycles. The van der Waals surface area contributed by atoms with E-state index in [1.165, 1.54) is 17.0 Å². The third-order valence-electron chi connectivity index (χ3n) is 7.40. The molecule has 236 valence electrons. The molecule has 0 aliphatic rings. The Morgan fingerprint density at radius 2 is 1.47 bits per heavy atom. The number of rotatable bonds is 13. The number of nitrogens with one attached hydrogen (secondary N) is 1. The summed E-state index contributed by atoms with van der Waals surface area (Å²) in [6.07, 6.45) is 0.952. The molecular weight excluding hydrogens is 629 g/mol. The predicted octanol–water partition coefficient (Wildman–Crippen LogP) is 6.97. The minimum atomic E-state index is -4.21. The first-order valence-corrected chi connectivity index (χ1v) is 16.9. The van der Waals surface area contributed by atoms with Gasteiger partial charge in [-0.1, -0.05) is 90.3 Å². The van der Waals surface area contributed by atoms with Crippen LogP contribution in [-0.4, -0.2) is 44.3 Å². The lowest BCUT2D eigenvalue weighted by molar-refractivity contribution is -0.140. The first-order valence-electron chi connectivity index (χ1n) is 14.7. The molecule has 2 amide bonds. The van der Waals surface area contributed by atoms with E-state index in [9.17, 15) is 18.0 Å². The third kappa shape index (κ3) is 8.87. The van der Waals surface area contributed by atoms with Crippen LogP contribution < -0.4 is 9.62 Å². The Morgan fingerprint density at radius 3 is 2.09 bits per heavy atom. The number of benzene rings is 4. The van der Waals surface area contributed by atoms with E-state index in [2.05, 4.69) is 5.32 Å². The Morgan fingerprint density at radius 1 is 0.822 bits per heavy atom. The second-order valence-corrected chi connectivity index (χ2v) is 13.6. The first kappa shape index (κ1) is 34.0. The van der Waals surface area contributed by atoms with Gasteiger partial charge in [-0.2, -0.15) is 0 Å². The highest BCUT2D eigenvalue weighted by atomic mass is 35.5. The number of sulfonamides is 1. The minimum Gasteiger partial charge on any atom is -0.354 e. The zero-order valence-corrected chi connectivity index (χ0v) is 27.9. The summed E-state index contributed by atoms with van der Waals surface area (Å²) in [6, 6.07) is 26.8. The molecule has 0 aromatic heterocycles. The van der Waals surface area contributed by atoms with Crippen molar-refractivity contribution in [2.45, 2.75) is 51.1 Å². The van der Waals surface area contributed by atoms with Gasteiger partial charge in [-0.05, 0) is 79.4 Å². The van der Waals surface area contributed by atoms with Gasteiger partial charge in [0.2, 0.25) is 11.8 Å². The summed E-state index contributed by atoms with van der Waals surface area (Å²) in [7, 11) is -4.21. The second-order valence-electron chi connectivity index (χ2n) is 10.9. The summed E-state index contributed by atoms with van der Waals surface area (Å²) >= 11 is 12.4. The van der Waals surface area contributed by atoms with E-state index in [0.29, 0.717) is 34.3 Å². The lowest BCUT2D eigenvalue weighted by atomic mass is 10.0. The maximum absolute atomic E-state index is 14.5. The van der Waals surface area contributed by atoms with E-state index < -0.39 is 28.5 Å². The molecule has 0 spiro atoms. The molecule has 0 aliphatic heterocycles. The standard InChI is InChI=1S/C35H37Cl2N3O4S/c1-4-20-38-35(42)33(22-27-8-6-5-7-9-27)39(23-28-12-14-29(36)15-13-28)34(41)24-40(32-19-16-30(37)21-26(32)3)45(43,44)31-17-10-25(2)11-18-31/h5-19,21,33H,4,20,22-24H2,1-3H3,(H,38,42)/t33-/m1/s1. The fraction of sp³-hybridized carbons (Fsp3) is 0.257. The smallest absolute Gasteiger partial charge is 0.264 e. The highest BCUT2D eigenvalue weighted by Gasteiger charge is 2.35. The molecular formula is C35H37Cl2N3O4S. The summed E-state index contributed by atoms with van der Waals surface area (Å²) in [6.45, 7) is 5.51. The number of nitrogens with zero attached hydrogens (tertiary/aromatic N) is 2. The minimum absolute atomic E-state index is 0.0426.